The number of carbonyl (C=O) groups excluding carboxylic acids is 3. The maximum Gasteiger partial charge on any atom is 0.331 e. The number of esters is 1. The zero-order chi connectivity index (χ0) is 20.5. The van der Waals surface area contributed by atoms with Gasteiger partial charge in [-0.15, -0.1) is 0 Å². The van der Waals surface area contributed by atoms with Crippen molar-refractivity contribution in [1.82, 2.24) is 4.90 Å². The Morgan fingerprint density at radius 3 is 2.29 bits per heavy atom. The second-order valence-corrected chi connectivity index (χ2v) is 6.00. The van der Waals surface area contributed by atoms with E-state index in [-0.39, 0.29) is 5.91 Å². The van der Waals surface area contributed by atoms with Gasteiger partial charge in [0.2, 0.25) is 0 Å². The van der Waals surface area contributed by atoms with E-state index in [1.807, 2.05) is 6.07 Å². The van der Waals surface area contributed by atoms with Gasteiger partial charge in [-0.2, -0.15) is 5.26 Å². The summed E-state index contributed by atoms with van der Waals surface area (Å²) in [5.41, 5.74) is 2.25. The van der Waals surface area contributed by atoms with Crippen molar-refractivity contribution in [1.29, 1.82) is 5.26 Å². The van der Waals surface area contributed by atoms with Crippen LogP contribution in [0.5, 0.6) is 0 Å². The van der Waals surface area contributed by atoms with Gasteiger partial charge in [-0.25, -0.2) is 4.79 Å². The highest BCUT2D eigenvalue weighted by molar-refractivity contribution is 5.96. The van der Waals surface area contributed by atoms with Crippen LogP contribution < -0.4 is 5.32 Å². The Kier molecular flexibility index (Phi) is 7.06. The average Bonchev–Trinajstić information content (AvgIpc) is 2.71. The molecule has 2 amide bonds. The fourth-order valence-corrected chi connectivity index (χ4v) is 2.17. The maximum atomic E-state index is 11.9. The van der Waals surface area contributed by atoms with Crippen molar-refractivity contribution in [3.8, 4) is 6.07 Å². The van der Waals surface area contributed by atoms with Crippen molar-refractivity contribution in [2.45, 2.75) is 0 Å². The minimum Gasteiger partial charge on any atom is -0.452 e. The highest BCUT2D eigenvalue weighted by Crippen LogP contribution is 2.11. The first kappa shape index (κ1) is 20.4. The molecule has 2 rings (SSSR count). The zero-order valence-electron chi connectivity index (χ0n) is 15.5. The molecule has 0 unspecified atom stereocenters. The number of nitrogens with one attached hydrogen (secondary N) is 1. The van der Waals surface area contributed by atoms with Crippen LogP contribution in [0.25, 0.3) is 6.08 Å². The summed E-state index contributed by atoms with van der Waals surface area (Å²) in [6.45, 7) is -0.436. The highest BCUT2D eigenvalue weighted by atomic mass is 16.5. The molecule has 0 aliphatic heterocycles. The molecule has 0 saturated heterocycles. The van der Waals surface area contributed by atoms with Gasteiger partial charge < -0.3 is 15.0 Å². The molecule has 0 spiro atoms. The first-order chi connectivity index (χ1) is 13.4. The second kappa shape index (κ2) is 9.69. The number of hydrogen-bond acceptors (Lipinski definition) is 5. The molecule has 1 N–H and O–H groups in total. The average molecular weight is 377 g/mol. The van der Waals surface area contributed by atoms with Crippen LogP contribution in [-0.2, 0) is 14.3 Å². The second-order valence-electron chi connectivity index (χ2n) is 6.00. The molecule has 0 saturated carbocycles. The number of benzene rings is 2. The van der Waals surface area contributed by atoms with Crippen molar-refractivity contribution in [2.24, 2.45) is 0 Å². The van der Waals surface area contributed by atoms with Crippen LogP contribution in [-0.4, -0.2) is 43.4 Å². The lowest BCUT2D eigenvalue weighted by Crippen LogP contribution is -2.22. The third-order valence-corrected chi connectivity index (χ3v) is 3.62. The molecule has 0 heterocycles. The fourth-order valence-electron chi connectivity index (χ4n) is 2.17. The Balaban J connectivity index is 1.81. The Morgan fingerprint density at radius 1 is 1.07 bits per heavy atom. The SMILES string of the molecule is CN(C)C(=O)c1ccc(NC(=O)COC(=O)/C=C/c2ccc(C#N)cc2)cc1. The van der Waals surface area contributed by atoms with Crippen molar-refractivity contribution in [3.05, 3.63) is 71.3 Å². The molecular weight excluding hydrogens is 358 g/mol. The minimum absolute atomic E-state index is 0.138. The van der Waals surface area contributed by atoms with Gasteiger partial charge in [0.1, 0.15) is 0 Å². The van der Waals surface area contributed by atoms with E-state index in [9.17, 15) is 14.4 Å². The molecule has 7 nitrogen and oxygen atoms in total. The van der Waals surface area contributed by atoms with E-state index in [0.29, 0.717) is 16.8 Å². The van der Waals surface area contributed by atoms with Gasteiger partial charge in [-0.05, 0) is 48.0 Å². The van der Waals surface area contributed by atoms with Crippen molar-refractivity contribution in [3.63, 3.8) is 0 Å². The molecule has 0 aliphatic carbocycles. The summed E-state index contributed by atoms with van der Waals surface area (Å²) in [5, 5.41) is 11.3. The summed E-state index contributed by atoms with van der Waals surface area (Å²) in [6, 6.07) is 15.1. The van der Waals surface area contributed by atoms with Gasteiger partial charge in [0.05, 0.1) is 11.6 Å². The lowest BCUT2D eigenvalue weighted by atomic mass is 10.1. The molecule has 0 bridgehead atoms. The number of rotatable bonds is 6. The molecule has 0 aliphatic rings. The first-order valence-corrected chi connectivity index (χ1v) is 8.35. The summed E-state index contributed by atoms with van der Waals surface area (Å²) >= 11 is 0. The van der Waals surface area contributed by atoms with Gasteiger partial charge in [-0.3, -0.25) is 9.59 Å². The lowest BCUT2D eigenvalue weighted by molar-refractivity contribution is -0.142. The standard InChI is InChI=1S/C21H19N3O4/c1-24(2)21(27)17-8-10-18(11-9-17)23-19(25)14-28-20(26)12-7-15-3-5-16(13-22)6-4-15/h3-12H,14H2,1-2H3,(H,23,25)/b12-7+. The number of hydrogen-bond donors (Lipinski definition) is 1. The highest BCUT2D eigenvalue weighted by Gasteiger charge is 2.09. The van der Waals surface area contributed by atoms with E-state index < -0.39 is 18.5 Å². The van der Waals surface area contributed by atoms with E-state index in [1.165, 1.54) is 17.1 Å². The molecule has 2 aromatic carbocycles. The topological polar surface area (TPSA) is 99.5 Å². The summed E-state index contributed by atoms with van der Waals surface area (Å²) in [7, 11) is 3.31. The van der Waals surface area contributed by atoms with Crippen LogP contribution in [0.3, 0.4) is 0 Å². The predicted molar refractivity (Wildman–Crippen MR) is 104 cm³/mol. The van der Waals surface area contributed by atoms with Gasteiger partial charge in [0.25, 0.3) is 11.8 Å². The Labute approximate surface area is 162 Å². The molecule has 2 aromatic rings. The smallest absolute Gasteiger partial charge is 0.331 e. The van der Waals surface area contributed by atoms with Crippen LogP contribution in [0, 0.1) is 11.3 Å². The summed E-state index contributed by atoms with van der Waals surface area (Å²) < 4.78 is 4.89. The molecule has 28 heavy (non-hydrogen) atoms. The largest absolute Gasteiger partial charge is 0.452 e. The van der Waals surface area contributed by atoms with E-state index >= 15 is 0 Å². The third-order valence-electron chi connectivity index (χ3n) is 3.62. The normalized spacial score (nSPS) is 10.2. The number of anilines is 1. The van der Waals surface area contributed by atoms with Gasteiger partial charge >= 0.3 is 5.97 Å². The van der Waals surface area contributed by atoms with Crippen LogP contribution >= 0.6 is 0 Å². The Morgan fingerprint density at radius 2 is 1.71 bits per heavy atom. The molecule has 7 heteroatoms. The van der Waals surface area contributed by atoms with E-state index in [1.54, 1.807) is 62.6 Å². The summed E-state index contributed by atoms with van der Waals surface area (Å²) in [6.07, 6.45) is 2.73. The fraction of sp³-hybridized carbons (Fsp3) is 0.143. The molecule has 0 atom stereocenters. The van der Waals surface area contributed by atoms with Gasteiger partial charge in [0.15, 0.2) is 6.61 Å². The number of nitrogens with zero attached hydrogens (tertiary/aromatic N) is 2. The van der Waals surface area contributed by atoms with Crippen LogP contribution in [0.2, 0.25) is 0 Å². The lowest BCUT2D eigenvalue weighted by Gasteiger charge is -2.11. The van der Waals surface area contributed by atoms with Gasteiger partial charge in [-0.1, -0.05) is 12.1 Å². The zero-order valence-corrected chi connectivity index (χ0v) is 15.5. The monoisotopic (exact) mass is 377 g/mol. The van der Waals surface area contributed by atoms with E-state index in [4.69, 9.17) is 10.00 Å². The van der Waals surface area contributed by atoms with Crippen LogP contribution in [0.15, 0.2) is 54.6 Å². The Hall–Kier alpha value is -3.92. The minimum atomic E-state index is -0.661. The number of carbonyl (C=O) groups is 3. The molecule has 0 aromatic heterocycles. The van der Waals surface area contributed by atoms with E-state index in [2.05, 4.69) is 5.32 Å². The van der Waals surface area contributed by atoms with Crippen molar-refractivity contribution < 1.29 is 19.1 Å². The quantitative estimate of drug-likeness (QED) is 0.616. The summed E-state index contributed by atoms with van der Waals surface area (Å²) in [5.74, 6) is -1.29. The molecule has 0 fully saturated rings. The maximum absolute atomic E-state index is 11.9. The molecule has 142 valence electrons. The first-order valence-electron chi connectivity index (χ1n) is 8.35. The van der Waals surface area contributed by atoms with Crippen LogP contribution in [0.1, 0.15) is 21.5 Å². The number of amides is 2. The predicted octanol–water partition coefficient (Wildman–Crippen LogP) is 2.46. The van der Waals surface area contributed by atoms with Crippen molar-refractivity contribution >= 4 is 29.5 Å². The Bertz CT molecular complexity index is 924. The van der Waals surface area contributed by atoms with Crippen LogP contribution in [0.4, 0.5) is 5.69 Å². The van der Waals surface area contributed by atoms with Gasteiger partial charge in [0, 0.05) is 31.4 Å². The molecular formula is C21H19N3O4. The number of nitriles is 1. The van der Waals surface area contributed by atoms with Crippen molar-refractivity contribution in [2.75, 3.05) is 26.0 Å². The third kappa shape index (κ3) is 6.11. The number of ether oxygens (including phenoxy) is 1. The van der Waals surface area contributed by atoms with E-state index in [0.717, 1.165) is 5.56 Å². The molecule has 0 radical (unpaired) electrons. The summed E-state index contributed by atoms with van der Waals surface area (Å²) in [4.78, 5) is 36.8.